The molecule has 0 atom stereocenters. The lowest BCUT2D eigenvalue weighted by Crippen LogP contribution is -2.55. The second kappa shape index (κ2) is 5.50. The van der Waals surface area contributed by atoms with Gasteiger partial charge in [0.1, 0.15) is 0 Å². The highest BCUT2D eigenvalue weighted by atomic mass is 32.2. The van der Waals surface area contributed by atoms with Gasteiger partial charge < -0.3 is 13.3 Å². The van der Waals surface area contributed by atoms with Crippen molar-refractivity contribution in [2.45, 2.75) is 11.8 Å². The summed E-state index contributed by atoms with van der Waals surface area (Å²) in [6, 6.07) is 4.83. The summed E-state index contributed by atoms with van der Waals surface area (Å²) in [5.41, 5.74) is 0.773. The molecule has 102 valence electrons. The monoisotopic (exact) mass is 290 g/mol. The van der Waals surface area contributed by atoms with E-state index in [1.807, 2.05) is 6.92 Å². The first kappa shape index (κ1) is 15.3. The molecule has 0 aromatic heterocycles. The van der Waals surface area contributed by atoms with Gasteiger partial charge >= 0.3 is 8.80 Å². The lowest BCUT2D eigenvalue weighted by Gasteiger charge is -2.26. The van der Waals surface area contributed by atoms with Gasteiger partial charge in [0.05, 0.1) is 4.90 Å². The number of rotatable bonds is 5. The number of hydrogen-bond donors (Lipinski definition) is 0. The highest BCUT2D eigenvalue weighted by Crippen LogP contribution is 2.14. The lowest BCUT2D eigenvalue weighted by molar-refractivity contribution is 0.140. The Morgan fingerprint density at radius 1 is 1.06 bits per heavy atom. The summed E-state index contributed by atoms with van der Waals surface area (Å²) in [7, 11) is -1.58. The molecule has 0 heterocycles. The topological polar surface area (TPSA) is 61.8 Å². The summed E-state index contributed by atoms with van der Waals surface area (Å²) in [5.74, 6) is 0. The molecule has 0 saturated heterocycles. The second-order valence-corrected chi connectivity index (χ2v) is 8.81. The Balaban J connectivity index is 3.37. The maximum absolute atomic E-state index is 11.5. The van der Waals surface area contributed by atoms with Crippen molar-refractivity contribution >= 4 is 23.8 Å². The van der Waals surface area contributed by atoms with Crippen LogP contribution in [0.2, 0.25) is 0 Å². The normalized spacial score (nSPS) is 12.7. The first-order chi connectivity index (χ1) is 8.30. The van der Waals surface area contributed by atoms with E-state index in [1.165, 1.54) is 33.7 Å². The third-order valence-corrected chi connectivity index (χ3v) is 6.71. The summed E-state index contributed by atoms with van der Waals surface area (Å²) in [5, 5.41) is 0.766. The fraction of sp³-hybridized carbons (Fsp3) is 0.455. The zero-order valence-electron chi connectivity index (χ0n) is 11.2. The SMILES string of the molecule is CO[Si](OC)(OC)c1ccc(S(C)(=O)=O)cc1C. The maximum Gasteiger partial charge on any atom is 0.536 e. The summed E-state index contributed by atoms with van der Waals surface area (Å²) in [6.45, 7) is 1.81. The van der Waals surface area contributed by atoms with Crippen LogP contribution >= 0.6 is 0 Å². The number of sulfone groups is 1. The van der Waals surface area contributed by atoms with Crippen LogP contribution in [0.3, 0.4) is 0 Å². The van der Waals surface area contributed by atoms with Gasteiger partial charge in [-0.2, -0.15) is 0 Å². The largest absolute Gasteiger partial charge is 0.536 e. The van der Waals surface area contributed by atoms with Crippen molar-refractivity contribution in [2.75, 3.05) is 27.6 Å². The fourth-order valence-electron chi connectivity index (χ4n) is 1.79. The van der Waals surface area contributed by atoms with Crippen molar-refractivity contribution in [3.8, 4) is 0 Å². The quantitative estimate of drug-likeness (QED) is 0.738. The Morgan fingerprint density at radius 3 is 1.89 bits per heavy atom. The van der Waals surface area contributed by atoms with Gasteiger partial charge in [-0.1, -0.05) is 6.07 Å². The molecule has 0 aliphatic rings. The molecule has 1 aromatic carbocycles. The van der Waals surface area contributed by atoms with E-state index in [-0.39, 0.29) is 4.90 Å². The first-order valence-corrected chi connectivity index (χ1v) is 8.89. The first-order valence-electron chi connectivity index (χ1n) is 5.27. The van der Waals surface area contributed by atoms with Crippen molar-refractivity contribution in [1.29, 1.82) is 0 Å². The van der Waals surface area contributed by atoms with Gasteiger partial charge in [-0.05, 0) is 24.6 Å². The Hall–Kier alpha value is -0.733. The molecule has 0 unspecified atom stereocenters. The van der Waals surface area contributed by atoms with Crippen LogP contribution in [0.25, 0.3) is 0 Å². The molecule has 1 rings (SSSR count). The molecule has 0 bridgehead atoms. The van der Waals surface area contributed by atoms with Gasteiger partial charge in [-0.25, -0.2) is 8.42 Å². The van der Waals surface area contributed by atoms with Crippen molar-refractivity contribution < 1.29 is 21.7 Å². The van der Waals surface area contributed by atoms with E-state index in [9.17, 15) is 8.42 Å². The summed E-state index contributed by atoms with van der Waals surface area (Å²) in [4.78, 5) is 0.273. The highest BCUT2D eigenvalue weighted by Gasteiger charge is 2.42. The summed E-state index contributed by atoms with van der Waals surface area (Å²) >= 11 is 0. The van der Waals surface area contributed by atoms with Crippen LogP contribution in [0.5, 0.6) is 0 Å². The Morgan fingerprint density at radius 2 is 1.56 bits per heavy atom. The van der Waals surface area contributed by atoms with Crippen LogP contribution in [-0.2, 0) is 23.1 Å². The number of benzene rings is 1. The molecule has 0 aliphatic heterocycles. The minimum absolute atomic E-state index is 0.273. The lowest BCUT2D eigenvalue weighted by atomic mass is 10.2. The van der Waals surface area contributed by atoms with E-state index in [0.717, 1.165) is 10.8 Å². The van der Waals surface area contributed by atoms with Crippen molar-refractivity contribution in [1.82, 2.24) is 0 Å². The molecule has 0 N–H and O–H groups in total. The molecule has 0 radical (unpaired) electrons. The zero-order valence-corrected chi connectivity index (χ0v) is 13.0. The number of hydrogen-bond acceptors (Lipinski definition) is 5. The van der Waals surface area contributed by atoms with Gasteiger partial charge in [0.25, 0.3) is 0 Å². The van der Waals surface area contributed by atoms with E-state index < -0.39 is 18.6 Å². The maximum atomic E-state index is 11.5. The van der Waals surface area contributed by atoms with Gasteiger partial charge in [0.15, 0.2) is 9.84 Å². The Kier molecular flexibility index (Phi) is 4.68. The molecule has 7 heteroatoms. The molecular formula is C11H18O5SSi. The molecule has 18 heavy (non-hydrogen) atoms. The average Bonchev–Trinajstić information content (AvgIpc) is 2.32. The predicted octanol–water partition coefficient (Wildman–Crippen LogP) is 0.484. The van der Waals surface area contributed by atoms with Crippen molar-refractivity contribution in [3.05, 3.63) is 23.8 Å². The standard InChI is InChI=1S/C11H18O5SSi/c1-9-8-10(17(5,12)13)6-7-11(9)18(14-2,15-3)16-4/h6-8H,1-5H3. The van der Waals surface area contributed by atoms with Gasteiger partial charge in [0.2, 0.25) is 0 Å². The van der Waals surface area contributed by atoms with Gasteiger partial charge in [-0.15, -0.1) is 0 Å². The third-order valence-electron chi connectivity index (χ3n) is 2.76. The average molecular weight is 290 g/mol. The minimum atomic E-state index is -3.21. The smallest absolute Gasteiger partial charge is 0.373 e. The molecule has 0 fully saturated rings. The van der Waals surface area contributed by atoms with E-state index >= 15 is 0 Å². The molecule has 0 amide bonds. The highest BCUT2D eigenvalue weighted by molar-refractivity contribution is 7.90. The van der Waals surface area contributed by atoms with Gasteiger partial charge in [0, 0.05) is 32.8 Å². The molecule has 0 saturated carbocycles. The fourth-order valence-corrected chi connectivity index (χ4v) is 4.50. The van der Waals surface area contributed by atoms with Crippen LogP contribution in [-0.4, -0.2) is 44.8 Å². The second-order valence-electron chi connectivity index (χ2n) is 3.92. The Bertz CT molecular complexity index is 514. The minimum Gasteiger partial charge on any atom is -0.373 e. The Labute approximate surface area is 109 Å². The zero-order chi connectivity index (χ0) is 14.0. The molecular weight excluding hydrogens is 272 g/mol. The summed E-state index contributed by atoms with van der Waals surface area (Å²) < 4.78 is 39.1. The third kappa shape index (κ3) is 2.81. The van der Waals surface area contributed by atoms with Gasteiger partial charge in [-0.3, -0.25) is 0 Å². The van der Waals surface area contributed by atoms with E-state index in [2.05, 4.69) is 0 Å². The molecule has 5 nitrogen and oxygen atoms in total. The van der Waals surface area contributed by atoms with Crippen LogP contribution in [0.1, 0.15) is 5.56 Å². The summed E-state index contributed by atoms with van der Waals surface area (Å²) in [6.07, 6.45) is 1.18. The van der Waals surface area contributed by atoms with Crippen molar-refractivity contribution in [2.24, 2.45) is 0 Å². The number of aryl methyl sites for hydroxylation is 1. The molecule has 1 aromatic rings. The van der Waals surface area contributed by atoms with Crippen LogP contribution in [0.15, 0.2) is 23.1 Å². The molecule has 0 spiro atoms. The van der Waals surface area contributed by atoms with Crippen LogP contribution in [0, 0.1) is 6.92 Å². The molecule has 0 aliphatic carbocycles. The van der Waals surface area contributed by atoms with E-state index in [1.54, 1.807) is 12.1 Å². The van der Waals surface area contributed by atoms with Crippen LogP contribution < -0.4 is 5.19 Å². The van der Waals surface area contributed by atoms with Crippen LogP contribution in [0.4, 0.5) is 0 Å². The van der Waals surface area contributed by atoms with E-state index in [4.69, 9.17) is 13.3 Å². The van der Waals surface area contributed by atoms with E-state index in [0.29, 0.717) is 0 Å². The van der Waals surface area contributed by atoms with Crippen molar-refractivity contribution in [3.63, 3.8) is 0 Å². The predicted molar refractivity (Wildman–Crippen MR) is 70.7 cm³/mol.